The molecule has 11 heteroatoms. The third-order valence-corrected chi connectivity index (χ3v) is 12.3. The van der Waals surface area contributed by atoms with Crippen molar-refractivity contribution in [3.8, 4) is 11.5 Å². The maximum atomic E-state index is 14.2. The molecule has 6 rings (SSSR count). The fourth-order valence-corrected chi connectivity index (χ4v) is 9.14. The van der Waals surface area contributed by atoms with Crippen LogP contribution < -0.4 is 19.1 Å². The Labute approximate surface area is 300 Å². The van der Waals surface area contributed by atoms with Gasteiger partial charge >= 0.3 is 0 Å². The minimum Gasteiger partial charge on any atom is -0.490 e. The number of benzene rings is 3. The molecule has 0 aromatic heterocycles. The number of carbonyl (C=O) groups excluding carboxylic acids is 2. The van der Waals surface area contributed by atoms with Crippen LogP contribution in [0.1, 0.15) is 61.0 Å². The van der Waals surface area contributed by atoms with E-state index in [1.165, 1.54) is 11.1 Å². The summed E-state index contributed by atoms with van der Waals surface area (Å²) >= 11 is 6.44. The molecular formula is C39H46ClN3O6S. The van der Waals surface area contributed by atoms with Crippen LogP contribution in [-0.2, 0) is 31.3 Å². The number of fused-ring (bicyclic) bond motifs is 3. The van der Waals surface area contributed by atoms with Gasteiger partial charge in [-0.2, -0.15) is 0 Å². The number of anilines is 1. The van der Waals surface area contributed by atoms with E-state index in [1.807, 2.05) is 24.3 Å². The fourth-order valence-electron chi connectivity index (χ4n) is 7.36. The molecule has 9 nitrogen and oxygen atoms in total. The summed E-state index contributed by atoms with van der Waals surface area (Å²) in [5, 5.41) is 0.730. The molecule has 2 heterocycles. The van der Waals surface area contributed by atoms with Gasteiger partial charge in [0.15, 0.2) is 6.61 Å². The first-order chi connectivity index (χ1) is 24.1. The molecule has 1 unspecified atom stereocenters. The number of halogens is 1. The van der Waals surface area contributed by atoms with Gasteiger partial charge in [-0.05, 0) is 97.5 Å². The summed E-state index contributed by atoms with van der Waals surface area (Å²) in [6.45, 7) is 5.94. The molecule has 0 radical (unpaired) electrons. The highest BCUT2D eigenvalue weighted by Crippen LogP contribution is 2.45. The first-order valence-electron chi connectivity index (χ1n) is 17.4. The van der Waals surface area contributed by atoms with Crippen molar-refractivity contribution in [2.24, 2.45) is 16.2 Å². The number of hydrogen-bond acceptors (Lipinski definition) is 7. The van der Waals surface area contributed by atoms with E-state index in [9.17, 15) is 13.8 Å². The number of para-hydroxylation sites is 1. The molecule has 0 saturated heterocycles. The number of rotatable bonds is 5. The van der Waals surface area contributed by atoms with Crippen LogP contribution in [0.25, 0.3) is 0 Å². The van der Waals surface area contributed by atoms with Crippen molar-refractivity contribution < 1.29 is 28.0 Å². The zero-order valence-electron chi connectivity index (χ0n) is 28.9. The van der Waals surface area contributed by atoms with E-state index in [4.69, 9.17) is 25.8 Å². The lowest BCUT2D eigenvalue weighted by Gasteiger charge is -2.42. The third-order valence-electron chi connectivity index (χ3n) is 10.2. The summed E-state index contributed by atoms with van der Waals surface area (Å²) in [6.07, 6.45) is 7.89. The quantitative estimate of drug-likeness (QED) is 0.279. The first kappa shape index (κ1) is 35.9. The van der Waals surface area contributed by atoms with Crippen molar-refractivity contribution in [3.63, 3.8) is 0 Å². The van der Waals surface area contributed by atoms with Gasteiger partial charge in [-0.15, -0.1) is 4.36 Å². The second kappa shape index (κ2) is 15.6. The average Bonchev–Trinajstić information content (AvgIpc) is 3.25. The van der Waals surface area contributed by atoms with Crippen molar-refractivity contribution in [1.82, 2.24) is 4.72 Å². The number of hydrogen-bond donors (Lipinski definition) is 1. The summed E-state index contributed by atoms with van der Waals surface area (Å²) < 4.78 is 39.0. The van der Waals surface area contributed by atoms with Crippen LogP contribution >= 0.6 is 11.6 Å². The van der Waals surface area contributed by atoms with Crippen LogP contribution in [0.2, 0.25) is 5.02 Å². The molecule has 3 aromatic carbocycles. The van der Waals surface area contributed by atoms with Gasteiger partial charge in [-0.25, -0.2) is 4.21 Å². The Balaban J connectivity index is 1.37. The number of carbonyl (C=O) groups is 2. The van der Waals surface area contributed by atoms with E-state index in [0.29, 0.717) is 44.0 Å². The SMILES string of the molecule is CO[C@H]1/C=C\CCCS(=O)(NC(=O)COc2ccccc2)=NC(=O)c2ccc3c(c2)N(C[C@H](C)[C@H]1C)C[C@@]1(CCCc2cc(Cl)ccc21)CO3. The lowest BCUT2D eigenvalue weighted by atomic mass is 9.70. The molecule has 0 saturated carbocycles. The van der Waals surface area contributed by atoms with E-state index in [1.54, 1.807) is 43.5 Å². The first-order valence-corrected chi connectivity index (χ1v) is 19.4. The van der Waals surface area contributed by atoms with Crippen molar-refractivity contribution in [1.29, 1.82) is 0 Å². The Morgan fingerprint density at radius 2 is 1.94 bits per heavy atom. The van der Waals surface area contributed by atoms with Crippen LogP contribution in [0, 0.1) is 11.8 Å². The minimum absolute atomic E-state index is 0.00408. The molecule has 5 atom stereocenters. The van der Waals surface area contributed by atoms with Crippen molar-refractivity contribution in [2.45, 2.75) is 57.5 Å². The van der Waals surface area contributed by atoms with Gasteiger partial charge in [0.1, 0.15) is 21.4 Å². The molecule has 266 valence electrons. The van der Waals surface area contributed by atoms with Crippen LogP contribution in [-0.4, -0.2) is 61.3 Å². The molecule has 1 N–H and O–H groups in total. The highest BCUT2D eigenvalue weighted by molar-refractivity contribution is 7.92. The van der Waals surface area contributed by atoms with E-state index in [2.05, 4.69) is 46.0 Å². The van der Waals surface area contributed by atoms with Gasteiger partial charge < -0.3 is 19.1 Å². The maximum Gasteiger partial charge on any atom is 0.286 e. The van der Waals surface area contributed by atoms with Crippen molar-refractivity contribution in [3.05, 3.63) is 101 Å². The molecule has 1 aliphatic carbocycles. The van der Waals surface area contributed by atoms with E-state index < -0.39 is 21.7 Å². The highest BCUT2D eigenvalue weighted by atomic mass is 35.5. The van der Waals surface area contributed by atoms with E-state index in [-0.39, 0.29) is 41.3 Å². The fraction of sp³-hybridized carbons (Fsp3) is 0.436. The smallest absolute Gasteiger partial charge is 0.286 e. The largest absolute Gasteiger partial charge is 0.490 e. The number of ether oxygens (including phenoxy) is 3. The maximum absolute atomic E-state index is 14.2. The molecule has 3 aliphatic rings. The number of nitrogens with one attached hydrogen (secondary N) is 1. The molecule has 0 fully saturated rings. The minimum atomic E-state index is -3.48. The van der Waals surface area contributed by atoms with Crippen LogP contribution in [0.15, 0.2) is 83.2 Å². The van der Waals surface area contributed by atoms with E-state index in [0.717, 1.165) is 30.0 Å². The number of aryl methyl sites for hydroxylation is 1. The second-order valence-corrected chi connectivity index (χ2v) is 16.3. The lowest BCUT2D eigenvalue weighted by Crippen LogP contribution is -2.47. The summed E-state index contributed by atoms with van der Waals surface area (Å²) in [5.74, 6) is 0.268. The van der Waals surface area contributed by atoms with Gasteiger partial charge in [0.05, 0.1) is 24.2 Å². The molecule has 2 bridgehead atoms. The second-order valence-electron chi connectivity index (χ2n) is 13.8. The van der Waals surface area contributed by atoms with Gasteiger partial charge in [-0.1, -0.05) is 61.9 Å². The third kappa shape index (κ3) is 8.19. The molecule has 2 amide bonds. The van der Waals surface area contributed by atoms with Gasteiger partial charge in [0.2, 0.25) is 0 Å². The Kier molecular flexibility index (Phi) is 11.2. The molecule has 3 aromatic rings. The van der Waals surface area contributed by atoms with Crippen LogP contribution in [0.3, 0.4) is 0 Å². The topological polar surface area (TPSA) is 107 Å². The van der Waals surface area contributed by atoms with Crippen molar-refractivity contribution in [2.75, 3.05) is 44.1 Å². The number of amides is 2. The van der Waals surface area contributed by atoms with Gasteiger partial charge in [0, 0.05) is 36.2 Å². The summed E-state index contributed by atoms with van der Waals surface area (Å²) in [7, 11) is -1.76. The van der Waals surface area contributed by atoms with Crippen LogP contribution in [0.4, 0.5) is 5.69 Å². The lowest BCUT2D eigenvalue weighted by molar-refractivity contribution is -0.121. The van der Waals surface area contributed by atoms with Gasteiger partial charge in [-0.3, -0.25) is 14.3 Å². The molecular weight excluding hydrogens is 674 g/mol. The predicted octanol–water partition coefficient (Wildman–Crippen LogP) is 7.17. The molecule has 2 aliphatic heterocycles. The van der Waals surface area contributed by atoms with Gasteiger partial charge in [0.25, 0.3) is 11.8 Å². The zero-order chi connectivity index (χ0) is 35.3. The Hall–Kier alpha value is -3.86. The summed E-state index contributed by atoms with van der Waals surface area (Å²) in [6, 6.07) is 20.3. The Morgan fingerprint density at radius 3 is 2.74 bits per heavy atom. The van der Waals surface area contributed by atoms with E-state index >= 15 is 0 Å². The van der Waals surface area contributed by atoms with Crippen molar-refractivity contribution >= 4 is 39.0 Å². The standard InChI is InChI=1S/C39H46ClN3O6S/c1-27-23-43-25-39(19-10-11-29-21-31(40)16-17-33(29)39)26-49-36-18-15-30(22-34(36)43)38(45)42-50(46,20-9-5-8-14-35(47-3)28(27)2)41-37(44)24-48-32-12-6-4-7-13-32/h4,6-8,12-18,21-22,27-28,35H,5,9-11,19-20,23-26H2,1-3H3,(H,41,42,44,45,46)/b14-8-/t27-,28+,35-,39-,50?/m0/s1. The number of nitrogens with zero attached hydrogens (tertiary/aromatic N) is 2. The van der Waals surface area contributed by atoms with Crippen LogP contribution in [0.5, 0.6) is 11.5 Å². The predicted molar refractivity (Wildman–Crippen MR) is 198 cm³/mol. The molecule has 50 heavy (non-hydrogen) atoms. The Bertz CT molecular complexity index is 1860. The summed E-state index contributed by atoms with van der Waals surface area (Å²) in [4.78, 5) is 29.1. The Morgan fingerprint density at radius 1 is 1.12 bits per heavy atom. The zero-order valence-corrected chi connectivity index (χ0v) is 30.5. The molecule has 1 spiro atoms. The average molecular weight is 720 g/mol. The highest BCUT2D eigenvalue weighted by Gasteiger charge is 2.42. The number of methoxy groups -OCH3 is 1. The number of allylic oxidation sites excluding steroid dienone is 1. The monoisotopic (exact) mass is 719 g/mol. The normalized spacial score (nSPS) is 27.6. The summed E-state index contributed by atoms with van der Waals surface area (Å²) in [5.41, 5.74) is 3.28.